The number of amides is 2. The molecule has 1 aromatic carbocycles. The number of hydrogen-bond acceptors (Lipinski definition) is 3. The Hall–Kier alpha value is -3.07. The van der Waals surface area contributed by atoms with Gasteiger partial charge in [0.25, 0.3) is 0 Å². The fourth-order valence-corrected chi connectivity index (χ4v) is 3.42. The SMILES string of the molecule is O=C(Nc1cccc(C(F)(F)F)c1)N1CCN(Cc2cnc3ccccn23)CC1. The first kappa shape index (κ1) is 19.3. The first-order valence-electron chi connectivity index (χ1n) is 9.27. The van der Waals surface area contributed by atoms with Crippen LogP contribution >= 0.6 is 0 Å². The number of urea groups is 1. The molecule has 4 rings (SSSR count). The largest absolute Gasteiger partial charge is 0.416 e. The van der Waals surface area contributed by atoms with Gasteiger partial charge in [0.1, 0.15) is 5.65 Å². The zero-order valence-electron chi connectivity index (χ0n) is 15.6. The Bertz CT molecular complexity index is 1010. The predicted octanol–water partition coefficient (Wildman–Crippen LogP) is 3.70. The molecular weight excluding hydrogens is 383 g/mol. The van der Waals surface area contributed by atoms with Gasteiger partial charge in [-0.25, -0.2) is 9.78 Å². The van der Waals surface area contributed by atoms with Gasteiger partial charge < -0.3 is 14.6 Å². The van der Waals surface area contributed by atoms with Gasteiger partial charge in [-0.3, -0.25) is 4.90 Å². The number of anilines is 1. The van der Waals surface area contributed by atoms with Crippen LogP contribution < -0.4 is 5.32 Å². The number of halogens is 3. The maximum atomic E-state index is 12.8. The summed E-state index contributed by atoms with van der Waals surface area (Å²) in [5, 5.41) is 2.56. The van der Waals surface area contributed by atoms with Crippen LogP contribution in [0.2, 0.25) is 0 Å². The normalized spacial score (nSPS) is 15.6. The quantitative estimate of drug-likeness (QED) is 0.726. The van der Waals surface area contributed by atoms with Gasteiger partial charge in [0.15, 0.2) is 0 Å². The minimum absolute atomic E-state index is 0.137. The van der Waals surface area contributed by atoms with Crippen molar-refractivity contribution in [2.45, 2.75) is 12.7 Å². The molecular formula is C20H20F3N5O. The number of carbonyl (C=O) groups is 1. The molecule has 0 aliphatic carbocycles. The number of nitrogens with zero attached hydrogens (tertiary/aromatic N) is 4. The number of pyridine rings is 1. The molecule has 29 heavy (non-hydrogen) atoms. The second kappa shape index (κ2) is 7.75. The Balaban J connectivity index is 1.33. The summed E-state index contributed by atoms with van der Waals surface area (Å²) in [6.45, 7) is 3.07. The molecule has 6 nitrogen and oxygen atoms in total. The average molecular weight is 403 g/mol. The van der Waals surface area contributed by atoms with Gasteiger partial charge in [0, 0.05) is 44.6 Å². The molecule has 1 N–H and O–H groups in total. The smallest absolute Gasteiger partial charge is 0.322 e. The van der Waals surface area contributed by atoms with Crippen LogP contribution in [0.4, 0.5) is 23.7 Å². The monoisotopic (exact) mass is 403 g/mol. The fraction of sp³-hybridized carbons (Fsp3) is 0.300. The number of benzene rings is 1. The highest BCUT2D eigenvalue weighted by molar-refractivity contribution is 5.89. The molecule has 0 unspecified atom stereocenters. The van der Waals surface area contributed by atoms with Gasteiger partial charge in [0.2, 0.25) is 0 Å². The molecule has 0 bridgehead atoms. The summed E-state index contributed by atoms with van der Waals surface area (Å²) in [5.74, 6) is 0. The standard InChI is InChI=1S/C20H20F3N5O/c21-20(22,23)15-4-3-5-16(12-15)25-19(29)27-10-8-26(9-11-27)14-17-13-24-18-6-1-2-7-28(17)18/h1-7,12-13H,8-11,14H2,(H,25,29). The van der Waals surface area contributed by atoms with Crippen LogP contribution in [-0.4, -0.2) is 51.4 Å². The molecule has 9 heteroatoms. The Morgan fingerprint density at radius 3 is 2.62 bits per heavy atom. The van der Waals surface area contributed by atoms with E-state index in [1.807, 2.05) is 35.0 Å². The number of rotatable bonds is 3. The zero-order chi connectivity index (χ0) is 20.4. The van der Waals surface area contributed by atoms with E-state index in [4.69, 9.17) is 0 Å². The molecule has 0 saturated carbocycles. The Morgan fingerprint density at radius 2 is 1.86 bits per heavy atom. The summed E-state index contributed by atoms with van der Waals surface area (Å²) in [5.41, 5.74) is 1.32. The van der Waals surface area contributed by atoms with Crippen molar-refractivity contribution in [2.75, 3.05) is 31.5 Å². The number of piperazine rings is 1. The second-order valence-corrected chi connectivity index (χ2v) is 6.95. The van der Waals surface area contributed by atoms with Crippen LogP contribution in [0.15, 0.2) is 54.9 Å². The van der Waals surface area contributed by atoms with Crippen LogP contribution in [0.1, 0.15) is 11.3 Å². The molecule has 0 radical (unpaired) electrons. The first-order chi connectivity index (χ1) is 13.9. The van der Waals surface area contributed by atoms with Crippen LogP contribution in [0.3, 0.4) is 0 Å². The van der Waals surface area contributed by atoms with E-state index in [9.17, 15) is 18.0 Å². The topological polar surface area (TPSA) is 52.9 Å². The highest BCUT2D eigenvalue weighted by Gasteiger charge is 2.30. The summed E-state index contributed by atoms with van der Waals surface area (Å²) < 4.78 is 40.5. The molecule has 152 valence electrons. The van der Waals surface area contributed by atoms with Crippen LogP contribution in [0, 0.1) is 0 Å². The third kappa shape index (κ3) is 4.34. The molecule has 1 fully saturated rings. The molecule has 1 aliphatic rings. The molecule has 3 aromatic rings. The van der Waals surface area contributed by atoms with Crippen molar-refractivity contribution >= 4 is 17.4 Å². The molecule has 0 spiro atoms. The van der Waals surface area contributed by atoms with Crippen molar-refractivity contribution in [1.29, 1.82) is 0 Å². The third-order valence-electron chi connectivity index (χ3n) is 4.98. The summed E-state index contributed by atoms with van der Waals surface area (Å²) in [6.07, 6.45) is -0.622. The van der Waals surface area contributed by atoms with Gasteiger partial charge in [-0.05, 0) is 30.3 Å². The van der Waals surface area contributed by atoms with E-state index < -0.39 is 17.8 Å². The molecule has 0 atom stereocenters. The van der Waals surface area contributed by atoms with Crippen molar-refractivity contribution < 1.29 is 18.0 Å². The third-order valence-corrected chi connectivity index (χ3v) is 4.98. The van der Waals surface area contributed by atoms with E-state index in [2.05, 4.69) is 15.2 Å². The lowest BCUT2D eigenvalue weighted by Crippen LogP contribution is -2.49. The lowest BCUT2D eigenvalue weighted by atomic mass is 10.2. The van der Waals surface area contributed by atoms with Gasteiger partial charge >= 0.3 is 12.2 Å². The summed E-state index contributed by atoms with van der Waals surface area (Å²) in [4.78, 5) is 20.7. The highest BCUT2D eigenvalue weighted by atomic mass is 19.4. The minimum atomic E-state index is -4.44. The minimum Gasteiger partial charge on any atom is -0.322 e. The van der Waals surface area contributed by atoms with Gasteiger partial charge in [-0.15, -0.1) is 0 Å². The molecule has 1 aliphatic heterocycles. The molecule has 1 saturated heterocycles. The molecule has 3 heterocycles. The lowest BCUT2D eigenvalue weighted by Gasteiger charge is -2.34. The number of nitrogens with one attached hydrogen (secondary N) is 1. The van der Waals surface area contributed by atoms with Crippen molar-refractivity contribution in [3.05, 3.63) is 66.1 Å². The van der Waals surface area contributed by atoms with Crippen LogP contribution in [0.25, 0.3) is 5.65 Å². The van der Waals surface area contributed by atoms with Crippen molar-refractivity contribution in [2.24, 2.45) is 0 Å². The van der Waals surface area contributed by atoms with Crippen LogP contribution in [-0.2, 0) is 12.7 Å². The van der Waals surface area contributed by atoms with E-state index in [1.54, 1.807) is 4.90 Å². The number of imidazole rings is 1. The van der Waals surface area contributed by atoms with Gasteiger partial charge in [-0.2, -0.15) is 13.2 Å². The summed E-state index contributed by atoms with van der Waals surface area (Å²) in [6, 6.07) is 10.1. The fourth-order valence-electron chi connectivity index (χ4n) is 3.42. The second-order valence-electron chi connectivity index (χ2n) is 6.95. The summed E-state index contributed by atoms with van der Waals surface area (Å²) >= 11 is 0. The first-order valence-corrected chi connectivity index (χ1v) is 9.27. The number of alkyl halides is 3. The maximum absolute atomic E-state index is 12.8. The van der Waals surface area contributed by atoms with Crippen molar-refractivity contribution in [1.82, 2.24) is 19.2 Å². The number of carbonyl (C=O) groups excluding carboxylic acids is 1. The van der Waals surface area contributed by atoms with Crippen molar-refractivity contribution in [3.8, 4) is 0 Å². The average Bonchev–Trinajstić information content (AvgIpc) is 3.11. The van der Waals surface area contributed by atoms with E-state index in [1.165, 1.54) is 12.1 Å². The Labute approximate surface area is 165 Å². The maximum Gasteiger partial charge on any atom is 0.416 e. The van der Waals surface area contributed by atoms with E-state index in [0.29, 0.717) is 32.7 Å². The molecule has 2 aromatic heterocycles. The zero-order valence-corrected chi connectivity index (χ0v) is 15.6. The van der Waals surface area contributed by atoms with Crippen LogP contribution in [0.5, 0.6) is 0 Å². The molecule has 2 amide bonds. The van der Waals surface area contributed by atoms with E-state index >= 15 is 0 Å². The summed E-state index contributed by atoms with van der Waals surface area (Å²) in [7, 11) is 0. The number of hydrogen-bond donors (Lipinski definition) is 1. The lowest BCUT2D eigenvalue weighted by molar-refractivity contribution is -0.137. The van der Waals surface area contributed by atoms with E-state index in [0.717, 1.165) is 23.5 Å². The van der Waals surface area contributed by atoms with E-state index in [-0.39, 0.29) is 5.69 Å². The highest BCUT2D eigenvalue weighted by Crippen LogP contribution is 2.30. The van der Waals surface area contributed by atoms with Crippen molar-refractivity contribution in [3.63, 3.8) is 0 Å². The Morgan fingerprint density at radius 1 is 1.07 bits per heavy atom. The number of aromatic nitrogens is 2. The van der Waals surface area contributed by atoms with Gasteiger partial charge in [0.05, 0.1) is 17.5 Å². The predicted molar refractivity (Wildman–Crippen MR) is 103 cm³/mol. The Kier molecular flexibility index (Phi) is 5.14. The number of fused-ring (bicyclic) bond motifs is 1. The van der Waals surface area contributed by atoms with Gasteiger partial charge in [-0.1, -0.05) is 12.1 Å².